The molecule has 0 spiro atoms. The Hall–Kier alpha value is -3.28. The number of hydrogen-bond acceptors (Lipinski definition) is 5. The molecule has 1 saturated heterocycles. The maximum absolute atomic E-state index is 12.5. The highest BCUT2D eigenvalue weighted by atomic mass is 16.5. The fourth-order valence-electron chi connectivity index (χ4n) is 3.23. The van der Waals surface area contributed by atoms with Gasteiger partial charge in [0.2, 0.25) is 0 Å². The number of aliphatic hydroxyl groups is 1. The smallest absolute Gasteiger partial charge is 0.293 e. The summed E-state index contributed by atoms with van der Waals surface area (Å²) < 4.78 is 10.5. The van der Waals surface area contributed by atoms with Crippen LogP contribution in [0, 0.1) is 0 Å². The minimum atomic E-state index is -0.745. The van der Waals surface area contributed by atoms with Crippen LogP contribution in [0.25, 0.3) is 5.76 Å². The molecule has 1 atom stereocenters. The Bertz CT molecular complexity index is 944. The van der Waals surface area contributed by atoms with Crippen molar-refractivity contribution in [2.75, 3.05) is 14.2 Å². The monoisotopic (exact) mass is 381 g/mol. The van der Waals surface area contributed by atoms with Crippen molar-refractivity contribution in [1.82, 2.24) is 5.32 Å². The number of benzene rings is 2. The predicted molar refractivity (Wildman–Crippen MR) is 106 cm³/mol. The second kappa shape index (κ2) is 7.76. The van der Waals surface area contributed by atoms with E-state index in [1.54, 1.807) is 18.2 Å². The summed E-state index contributed by atoms with van der Waals surface area (Å²) in [5.41, 5.74) is 2.26. The van der Waals surface area contributed by atoms with Gasteiger partial charge in [-0.2, -0.15) is 0 Å². The number of ketones is 1. The van der Waals surface area contributed by atoms with Gasteiger partial charge in [-0.25, -0.2) is 0 Å². The average molecular weight is 381 g/mol. The zero-order valence-electron chi connectivity index (χ0n) is 16.3. The van der Waals surface area contributed by atoms with E-state index >= 15 is 0 Å². The first-order chi connectivity index (χ1) is 13.4. The second-order valence-corrected chi connectivity index (χ2v) is 6.89. The molecule has 2 aromatic carbocycles. The molecule has 1 aliphatic rings. The molecule has 0 radical (unpaired) electrons. The summed E-state index contributed by atoms with van der Waals surface area (Å²) in [6.07, 6.45) is 0. The number of rotatable bonds is 5. The number of methoxy groups -OCH3 is 2. The topological polar surface area (TPSA) is 84.9 Å². The lowest BCUT2D eigenvalue weighted by Gasteiger charge is -2.16. The van der Waals surface area contributed by atoms with Crippen LogP contribution in [0.1, 0.15) is 42.5 Å². The van der Waals surface area contributed by atoms with Gasteiger partial charge >= 0.3 is 0 Å². The Balaban J connectivity index is 2.07. The Kier molecular flexibility index (Phi) is 5.40. The van der Waals surface area contributed by atoms with E-state index in [9.17, 15) is 14.7 Å². The van der Waals surface area contributed by atoms with Gasteiger partial charge in [-0.1, -0.05) is 38.1 Å². The highest BCUT2D eigenvalue weighted by Crippen LogP contribution is 2.36. The average Bonchev–Trinajstić information content (AvgIpc) is 3.01. The summed E-state index contributed by atoms with van der Waals surface area (Å²) in [4.78, 5) is 24.5. The van der Waals surface area contributed by atoms with Gasteiger partial charge in [0.05, 0.1) is 25.8 Å². The van der Waals surface area contributed by atoms with Crippen LogP contribution in [0.2, 0.25) is 0 Å². The van der Waals surface area contributed by atoms with Crippen LogP contribution in [0.15, 0.2) is 48.0 Å². The number of nitrogens with one attached hydrogen (secondary N) is 1. The minimum absolute atomic E-state index is 0.0227. The maximum Gasteiger partial charge on any atom is 0.293 e. The van der Waals surface area contributed by atoms with Crippen molar-refractivity contribution < 1.29 is 24.2 Å². The summed E-state index contributed by atoms with van der Waals surface area (Å²) in [7, 11) is 2.99. The Morgan fingerprint density at radius 1 is 1.00 bits per heavy atom. The number of hydrogen-bond donors (Lipinski definition) is 2. The number of amides is 1. The lowest BCUT2D eigenvalue weighted by Crippen LogP contribution is -2.21. The van der Waals surface area contributed by atoms with Crippen LogP contribution < -0.4 is 14.8 Å². The molecule has 0 bridgehead atoms. The third kappa shape index (κ3) is 3.45. The first kappa shape index (κ1) is 19.5. The molecule has 1 fully saturated rings. The largest absolute Gasteiger partial charge is 0.507 e. The van der Waals surface area contributed by atoms with Crippen molar-refractivity contribution in [2.45, 2.75) is 25.8 Å². The van der Waals surface area contributed by atoms with Crippen molar-refractivity contribution in [3.05, 3.63) is 64.7 Å². The van der Waals surface area contributed by atoms with Crippen molar-refractivity contribution >= 4 is 17.4 Å². The molecular formula is C22H23NO5. The zero-order valence-corrected chi connectivity index (χ0v) is 16.3. The molecule has 2 N–H and O–H groups in total. The number of carbonyl (C=O) groups is 2. The standard InChI is InChI=1S/C22H23NO5/c1-12(2)13-5-7-14(8-6-13)19-18(21(25)22(26)23-19)20(24)15-9-10-16(27-3)17(11-15)28-4/h5-12,19,24H,1-4H3,(H,23,26). The molecule has 146 valence electrons. The maximum atomic E-state index is 12.5. The van der Waals surface area contributed by atoms with E-state index in [4.69, 9.17) is 9.47 Å². The molecule has 0 aliphatic carbocycles. The second-order valence-electron chi connectivity index (χ2n) is 6.89. The lowest BCUT2D eigenvalue weighted by atomic mass is 9.93. The van der Waals surface area contributed by atoms with E-state index < -0.39 is 17.7 Å². The Morgan fingerprint density at radius 3 is 2.21 bits per heavy atom. The van der Waals surface area contributed by atoms with Crippen LogP contribution in [0.5, 0.6) is 11.5 Å². The normalized spacial score (nSPS) is 18.2. The van der Waals surface area contributed by atoms with Gasteiger partial charge in [0, 0.05) is 5.56 Å². The van der Waals surface area contributed by atoms with Gasteiger partial charge in [0.1, 0.15) is 5.76 Å². The molecular weight excluding hydrogens is 358 g/mol. The van der Waals surface area contributed by atoms with Crippen LogP contribution in [0.4, 0.5) is 0 Å². The van der Waals surface area contributed by atoms with Crippen molar-refractivity contribution in [2.24, 2.45) is 0 Å². The van der Waals surface area contributed by atoms with Crippen molar-refractivity contribution in [3.63, 3.8) is 0 Å². The van der Waals surface area contributed by atoms with Gasteiger partial charge in [-0.05, 0) is 35.2 Å². The lowest BCUT2D eigenvalue weighted by molar-refractivity contribution is -0.133. The Morgan fingerprint density at radius 2 is 1.64 bits per heavy atom. The fourth-order valence-corrected chi connectivity index (χ4v) is 3.23. The molecule has 1 aliphatic heterocycles. The molecule has 1 heterocycles. The van der Waals surface area contributed by atoms with E-state index in [0.29, 0.717) is 23.0 Å². The van der Waals surface area contributed by atoms with Gasteiger partial charge in [-0.3, -0.25) is 9.59 Å². The van der Waals surface area contributed by atoms with E-state index in [1.807, 2.05) is 24.3 Å². The zero-order chi connectivity index (χ0) is 20.4. The molecule has 1 amide bonds. The molecule has 6 heteroatoms. The van der Waals surface area contributed by atoms with Crippen molar-refractivity contribution in [1.29, 1.82) is 0 Å². The number of ether oxygens (including phenoxy) is 2. The quantitative estimate of drug-likeness (QED) is 0.470. The molecule has 1 unspecified atom stereocenters. The first-order valence-corrected chi connectivity index (χ1v) is 8.98. The molecule has 0 saturated carbocycles. The molecule has 28 heavy (non-hydrogen) atoms. The van der Waals surface area contributed by atoms with Gasteiger partial charge in [-0.15, -0.1) is 0 Å². The molecule has 2 aromatic rings. The predicted octanol–water partition coefficient (Wildman–Crippen LogP) is 3.54. The van der Waals surface area contributed by atoms with Crippen LogP contribution in [-0.2, 0) is 9.59 Å². The highest BCUT2D eigenvalue weighted by Gasteiger charge is 2.39. The van der Waals surface area contributed by atoms with Crippen molar-refractivity contribution in [3.8, 4) is 11.5 Å². The van der Waals surface area contributed by atoms with E-state index in [0.717, 1.165) is 11.1 Å². The van der Waals surface area contributed by atoms with Gasteiger partial charge < -0.3 is 19.9 Å². The van der Waals surface area contributed by atoms with E-state index in [1.165, 1.54) is 14.2 Å². The Labute approximate surface area is 163 Å². The summed E-state index contributed by atoms with van der Waals surface area (Å²) in [5, 5.41) is 13.5. The highest BCUT2D eigenvalue weighted by molar-refractivity contribution is 6.46. The summed E-state index contributed by atoms with van der Waals surface area (Å²) in [6.45, 7) is 4.17. The molecule has 0 aromatic heterocycles. The van der Waals surface area contributed by atoms with Crippen LogP contribution in [0.3, 0.4) is 0 Å². The number of carbonyl (C=O) groups excluding carboxylic acids is 2. The minimum Gasteiger partial charge on any atom is -0.507 e. The third-order valence-electron chi connectivity index (χ3n) is 4.86. The fraction of sp³-hybridized carbons (Fsp3) is 0.273. The van der Waals surface area contributed by atoms with Crippen LogP contribution in [-0.4, -0.2) is 31.0 Å². The SMILES string of the molecule is COc1ccc(C(O)=C2C(=O)C(=O)NC2c2ccc(C(C)C)cc2)cc1OC. The number of aliphatic hydroxyl groups excluding tert-OH is 1. The van der Waals surface area contributed by atoms with Gasteiger partial charge in [0.25, 0.3) is 11.7 Å². The molecule has 6 nitrogen and oxygen atoms in total. The summed E-state index contributed by atoms with van der Waals surface area (Å²) in [5.74, 6) is -0.469. The molecule has 3 rings (SSSR count). The summed E-state index contributed by atoms with van der Waals surface area (Å²) >= 11 is 0. The van der Waals surface area contributed by atoms with Gasteiger partial charge in [0.15, 0.2) is 11.5 Å². The van der Waals surface area contributed by atoms with E-state index in [-0.39, 0.29) is 11.3 Å². The van der Waals surface area contributed by atoms with E-state index in [2.05, 4.69) is 19.2 Å². The summed E-state index contributed by atoms with van der Waals surface area (Å²) in [6, 6.07) is 11.7. The number of Topliss-reactive ketones (excluding diaryl/α,β-unsaturated/α-hetero) is 1. The first-order valence-electron chi connectivity index (χ1n) is 8.98. The third-order valence-corrected chi connectivity index (χ3v) is 4.86. The van der Waals surface area contributed by atoms with Crippen LogP contribution >= 0.6 is 0 Å².